The molecule has 0 fully saturated rings. The molecule has 10 heteroatoms. The molecule has 0 aliphatic heterocycles. The fourth-order valence-corrected chi connectivity index (χ4v) is 4.17. The van der Waals surface area contributed by atoms with Crippen LogP contribution in [0.4, 0.5) is 0 Å². The molecule has 156 valence electrons. The van der Waals surface area contributed by atoms with Crippen molar-refractivity contribution in [1.82, 2.24) is 25.0 Å². The van der Waals surface area contributed by atoms with Crippen LogP contribution >= 0.6 is 23.1 Å². The highest BCUT2D eigenvalue weighted by Crippen LogP contribution is 2.34. The Hall–Kier alpha value is -2.85. The molecule has 0 radical (unpaired) electrons. The number of thiophene rings is 1. The highest BCUT2D eigenvalue weighted by molar-refractivity contribution is 7.99. The van der Waals surface area contributed by atoms with Gasteiger partial charge in [0.2, 0.25) is 16.9 Å². The third-order valence-electron chi connectivity index (χ3n) is 4.46. The molecular formula is C20H22N6O2S2. The number of nitrogens with zero attached hydrogens (tertiary/aromatic N) is 5. The summed E-state index contributed by atoms with van der Waals surface area (Å²) in [6.07, 6.45) is 0. The van der Waals surface area contributed by atoms with Gasteiger partial charge in [-0.3, -0.25) is 0 Å². The maximum atomic E-state index is 6.17. The third-order valence-corrected chi connectivity index (χ3v) is 6.37. The van der Waals surface area contributed by atoms with E-state index < -0.39 is 0 Å². The van der Waals surface area contributed by atoms with E-state index in [0.29, 0.717) is 28.6 Å². The van der Waals surface area contributed by atoms with Crippen molar-refractivity contribution in [3.63, 3.8) is 0 Å². The van der Waals surface area contributed by atoms with Crippen LogP contribution < -0.4 is 10.6 Å². The fourth-order valence-electron chi connectivity index (χ4n) is 2.70. The lowest BCUT2D eigenvalue weighted by Gasteiger charge is -2.09. The van der Waals surface area contributed by atoms with Crippen molar-refractivity contribution in [3.05, 3.63) is 59.1 Å². The van der Waals surface area contributed by atoms with Crippen LogP contribution in [-0.2, 0) is 6.61 Å². The van der Waals surface area contributed by atoms with Crippen molar-refractivity contribution in [2.24, 2.45) is 0 Å². The van der Waals surface area contributed by atoms with E-state index in [0.717, 1.165) is 10.6 Å². The van der Waals surface area contributed by atoms with E-state index in [1.807, 2.05) is 36.6 Å². The molecular weight excluding hydrogens is 420 g/mol. The molecule has 1 unspecified atom stereocenters. The van der Waals surface area contributed by atoms with E-state index in [4.69, 9.17) is 15.1 Å². The first-order valence-corrected chi connectivity index (χ1v) is 11.2. The van der Waals surface area contributed by atoms with Crippen LogP contribution in [0.1, 0.15) is 49.2 Å². The number of benzene rings is 1. The summed E-state index contributed by atoms with van der Waals surface area (Å²) in [5.41, 5.74) is 1.26. The number of rotatable bonds is 8. The molecule has 3 aromatic heterocycles. The van der Waals surface area contributed by atoms with E-state index in [1.165, 1.54) is 22.0 Å². The van der Waals surface area contributed by atoms with Crippen LogP contribution in [0.15, 0.2) is 51.5 Å². The van der Waals surface area contributed by atoms with Crippen molar-refractivity contribution in [2.75, 3.05) is 5.84 Å². The predicted octanol–water partition coefficient (Wildman–Crippen LogP) is 4.66. The monoisotopic (exact) mass is 442 g/mol. The first-order valence-electron chi connectivity index (χ1n) is 9.47. The lowest BCUT2D eigenvalue weighted by molar-refractivity contribution is 0.291. The highest BCUT2D eigenvalue weighted by Gasteiger charge is 2.21. The lowest BCUT2D eigenvalue weighted by atomic mass is 10.0. The minimum atomic E-state index is -0.130. The summed E-state index contributed by atoms with van der Waals surface area (Å²) in [6, 6.07) is 11.9. The zero-order valence-electron chi connectivity index (χ0n) is 16.8. The molecule has 2 N–H and O–H groups in total. The van der Waals surface area contributed by atoms with Gasteiger partial charge in [-0.1, -0.05) is 49.0 Å². The summed E-state index contributed by atoms with van der Waals surface area (Å²) in [5.74, 6) is 9.03. The normalized spacial score (nSPS) is 12.4. The second-order valence-corrected chi connectivity index (χ2v) is 9.23. The quantitative estimate of drug-likeness (QED) is 0.310. The zero-order valence-corrected chi connectivity index (χ0v) is 18.5. The molecule has 4 aromatic rings. The van der Waals surface area contributed by atoms with Gasteiger partial charge in [0.1, 0.15) is 12.4 Å². The van der Waals surface area contributed by atoms with Crippen molar-refractivity contribution >= 4 is 23.1 Å². The van der Waals surface area contributed by atoms with Gasteiger partial charge in [-0.2, -0.15) is 4.98 Å². The zero-order chi connectivity index (χ0) is 21.1. The molecule has 8 nitrogen and oxygen atoms in total. The van der Waals surface area contributed by atoms with Crippen LogP contribution in [-0.4, -0.2) is 25.0 Å². The average molecular weight is 443 g/mol. The smallest absolute Gasteiger partial charge is 0.240 e. The van der Waals surface area contributed by atoms with Crippen LogP contribution in [0.3, 0.4) is 0 Å². The summed E-state index contributed by atoms with van der Waals surface area (Å²) in [7, 11) is 0. The van der Waals surface area contributed by atoms with E-state index >= 15 is 0 Å². The molecule has 3 heterocycles. The van der Waals surface area contributed by atoms with E-state index in [1.54, 1.807) is 11.3 Å². The van der Waals surface area contributed by atoms with E-state index in [2.05, 4.69) is 46.3 Å². The Balaban J connectivity index is 1.38. The maximum absolute atomic E-state index is 6.17. The minimum absolute atomic E-state index is 0.130. The summed E-state index contributed by atoms with van der Waals surface area (Å²) in [6.45, 7) is 6.49. The van der Waals surface area contributed by atoms with Gasteiger partial charge in [0.25, 0.3) is 0 Å². The number of aromatic nitrogens is 5. The van der Waals surface area contributed by atoms with Gasteiger partial charge in [-0.15, -0.1) is 21.5 Å². The van der Waals surface area contributed by atoms with Crippen molar-refractivity contribution in [1.29, 1.82) is 0 Å². The van der Waals surface area contributed by atoms with Gasteiger partial charge in [0.05, 0.1) is 10.1 Å². The first-order chi connectivity index (χ1) is 14.5. The van der Waals surface area contributed by atoms with E-state index in [9.17, 15) is 0 Å². The molecule has 0 spiro atoms. The molecule has 0 aliphatic rings. The summed E-state index contributed by atoms with van der Waals surface area (Å²) in [5, 5.41) is 14.8. The van der Waals surface area contributed by atoms with Gasteiger partial charge in [0, 0.05) is 0 Å². The summed E-state index contributed by atoms with van der Waals surface area (Å²) < 4.78 is 12.6. The molecule has 0 saturated heterocycles. The number of nitrogen functional groups attached to an aromatic ring is 1. The maximum Gasteiger partial charge on any atom is 0.240 e. The molecule has 30 heavy (non-hydrogen) atoms. The van der Waals surface area contributed by atoms with Crippen LogP contribution in [0.2, 0.25) is 0 Å². The second-order valence-electron chi connectivity index (χ2n) is 6.97. The van der Waals surface area contributed by atoms with Crippen molar-refractivity contribution in [3.8, 4) is 16.5 Å². The Morgan fingerprint density at radius 2 is 1.97 bits per heavy atom. The largest absolute Gasteiger partial charge is 0.486 e. The average Bonchev–Trinajstić information content (AvgIpc) is 3.49. The number of hydrogen-bond acceptors (Lipinski definition) is 9. The highest BCUT2D eigenvalue weighted by atomic mass is 32.2. The first kappa shape index (κ1) is 20.4. The summed E-state index contributed by atoms with van der Waals surface area (Å²) in [4.78, 5) is 5.43. The van der Waals surface area contributed by atoms with Gasteiger partial charge in [0.15, 0.2) is 5.82 Å². The Bertz CT molecular complexity index is 1090. The molecule has 0 amide bonds. The molecule has 1 atom stereocenters. The Morgan fingerprint density at radius 1 is 1.17 bits per heavy atom. The predicted molar refractivity (Wildman–Crippen MR) is 117 cm³/mol. The second kappa shape index (κ2) is 8.88. The Morgan fingerprint density at radius 3 is 2.67 bits per heavy atom. The molecule has 1 aromatic carbocycles. The lowest BCUT2D eigenvalue weighted by Crippen LogP contribution is -2.16. The number of hydrogen-bond donors (Lipinski definition) is 1. The number of nitrogens with two attached hydrogens (primary N) is 1. The third kappa shape index (κ3) is 4.49. The van der Waals surface area contributed by atoms with Crippen molar-refractivity contribution < 1.29 is 9.26 Å². The van der Waals surface area contributed by atoms with E-state index in [-0.39, 0.29) is 11.9 Å². The topological polar surface area (TPSA) is 105 Å². The Kier molecular flexibility index (Phi) is 6.05. The SMILES string of the molecule is CC(C)c1ccc(OCc2nnc(SC(C)c3nc(-c4cccs4)no3)n2N)cc1. The molecule has 0 bridgehead atoms. The molecule has 0 saturated carbocycles. The number of ether oxygens (including phenoxy) is 1. The standard InChI is InChI=1S/C20H22N6O2S2/c1-12(2)14-6-8-15(9-7-14)27-11-17-23-24-20(26(17)21)30-13(3)19-22-18(25-28-19)16-5-4-10-29-16/h4-10,12-13H,11,21H2,1-3H3. The number of thioether (sulfide) groups is 1. The summed E-state index contributed by atoms with van der Waals surface area (Å²) >= 11 is 2.96. The van der Waals surface area contributed by atoms with Crippen molar-refractivity contribution in [2.45, 2.75) is 43.7 Å². The Labute approximate surface area is 182 Å². The van der Waals surface area contributed by atoms with Crippen LogP contribution in [0.5, 0.6) is 5.75 Å². The van der Waals surface area contributed by atoms with Gasteiger partial charge in [-0.25, -0.2) is 4.68 Å². The molecule has 0 aliphatic carbocycles. The van der Waals surface area contributed by atoms with Gasteiger partial charge >= 0.3 is 0 Å². The van der Waals surface area contributed by atoms with Crippen LogP contribution in [0, 0.1) is 0 Å². The fraction of sp³-hybridized carbons (Fsp3) is 0.300. The minimum Gasteiger partial charge on any atom is -0.486 e. The van der Waals surface area contributed by atoms with Gasteiger partial charge < -0.3 is 15.1 Å². The molecule has 4 rings (SSSR count). The van der Waals surface area contributed by atoms with Crippen LogP contribution in [0.25, 0.3) is 10.7 Å². The van der Waals surface area contributed by atoms with Gasteiger partial charge in [-0.05, 0) is 42.0 Å².